The van der Waals surface area contributed by atoms with E-state index in [0.29, 0.717) is 28.1 Å². The topological polar surface area (TPSA) is 90.0 Å². The second-order valence-corrected chi connectivity index (χ2v) is 18.1. The van der Waals surface area contributed by atoms with E-state index in [0.717, 1.165) is 116 Å². The molecule has 0 saturated carbocycles. The maximum Gasteiger partial charge on any atom is 0.187 e. The molecular formula is C66H37N7. The molecule has 7 nitrogen and oxygen atoms in total. The fraction of sp³-hybridized carbons (Fsp3) is 0.0152. The van der Waals surface area contributed by atoms with E-state index in [1.165, 1.54) is 0 Å². The monoisotopic (exact) mass is 927 g/mol. The standard InChI is InChI=1S/C66H37N7/c1-41-9-4-18-55(66(41)73-64-27-22-50(46-13-6-11-43(30-46)39-68)35-59(64)60-37-52(23-28-65(60)73)48-15-8-17-54(33-48)71-3)56-31-44(40-69)19-24-61(56)72-62-25-20-49(45-12-5-10-42(29-45)38-67)34-57(62)58-36-51(21-26-63(58)72)47-14-7-16-53(32-47)70-2/h4-37H,1H3. The van der Waals surface area contributed by atoms with Crippen molar-refractivity contribution >= 4 is 55.0 Å². The lowest BCUT2D eigenvalue weighted by molar-refractivity contribution is 1.14. The highest BCUT2D eigenvalue weighted by Gasteiger charge is 2.24. The van der Waals surface area contributed by atoms with Crippen LogP contribution in [-0.2, 0) is 0 Å². The Morgan fingerprint density at radius 1 is 0.356 bits per heavy atom. The van der Waals surface area contributed by atoms with Gasteiger partial charge in [0.05, 0.1) is 81.5 Å². The van der Waals surface area contributed by atoms with Crippen LogP contribution in [0.2, 0.25) is 0 Å². The van der Waals surface area contributed by atoms with Crippen molar-refractivity contribution in [3.8, 4) is 85.2 Å². The highest BCUT2D eigenvalue weighted by Crippen LogP contribution is 2.45. The van der Waals surface area contributed by atoms with Gasteiger partial charge in [0.1, 0.15) is 0 Å². The van der Waals surface area contributed by atoms with Crippen LogP contribution in [-0.4, -0.2) is 9.13 Å². The van der Waals surface area contributed by atoms with Crippen molar-refractivity contribution in [3.05, 3.63) is 251 Å². The van der Waals surface area contributed by atoms with Crippen molar-refractivity contribution < 1.29 is 0 Å². The summed E-state index contributed by atoms with van der Waals surface area (Å²) in [4.78, 5) is 7.43. The summed E-state index contributed by atoms with van der Waals surface area (Å²) in [5.74, 6) is 0. The van der Waals surface area contributed by atoms with Crippen LogP contribution in [0.4, 0.5) is 11.4 Å². The number of rotatable bonds is 7. The Hall–Kier alpha value is -10.8. The second-order valence-electron chi connectivity index (χ2n) is 18.1. The molecule has 0 atom stereocenters. The Bertz CT molecular complexity index is 4300. The van der Waals surface area contributed by atoms with Gasteiger partial charge in [-0.3, -0.25) is 0 Å². The molecule has 0 aliphatic carbocycles. The van der Waals surface area contributed by atoms with Crippen molar-refractivity contribution in [2.24, 2.45) is 0 Å². The number of benzene rings is 10. The third-order valence-corrected chi connectivity index (χ3v) is 13.9. The Labute approximate surface area is 421 Å². The van der Waals surface area contributed by atoms with Gasteiger partial charge in [-0.25, -0.2) is 9.69 Å². The summed E-state index contributed by atoms with van der Waals surface area (Å²) >= 11 is 0. The lowest BCUT2D eigenvalue weighted by Gasteiger charge is -2.20. The minimum Gasteiger partial charge on any atom is -0.309 e. The molecule has 0 fully saturated rings. The number of aromatic nitrogens is 2. The average Bonchev–Trinajstić information content (AvgIpc) is 3.95. The van der Waals surface area contributed by atoms with Gasteiger partial charge in [0.15, 0.2) is 11.4 Å². The van der Waals surface area contributed by atoms with Crippen LogP contribution in [0.3, 0.4) is 0 Å². The first-order valence-electron chi connectivity index (χ1n) is 23.6. The van der Waals surface area contributed by atoms with Gasteiger partial charge in [0.2, 0.25) is 0 Å². The van der Waals surface area contributed by atoms with E-state index >= 15 is 0 Å². The minimum absolute atomic E-state index is 0.520. The maximum atomic E-state index is 10.6. The normalized spacial score (nSPS) is 11.0. The van der Waals surface area contributed by atoms with E-state index in [1.54, 1.807) is 0 Å². The lowest BCUT2D eigenvalue weighted by Crippen LogP contribution is -2.03. The van der Waals surface area contributed by atoms with E-state index in [1.807, 2.05) is 115 Å². The zero-order valence-corrected chi connectivity index (χ0v) is 39.3. The van der Waals surface area contributed by atoms with E-state index in [9.17, 15) is 15.8 Å². The predicted octanol–water partition coefficient (Wildman–Crippen LogP) is 17.2. The molecule has 0 aliphatic heterocycles. The van der Waals surface area contributed by atoms with Gasteiger partial charge in [0.25, 0.3) is 0 Å². The number of nitriles is 3. The number of hydrogen-bond acceptors (Lipinski definition) is 3. The molecular weight excluding hydrogens is 891 g/mol. The van der Waals surface area contributed by atoms with E-state index < -0.39 is 0 Å². The summed E-state index contributed by atoms with van der Waals surface area (Å²) in [5, 5.41) is 34.3. The molecule has 0 unspecified atom stereocenters. The number of nitrogens with zero attached hydrogens (tertiary/aromatic N) is 7. The molecule has 0 saturated heterocycles. The van der Waals surface area contributed by atoms with Crippen LogP contribution < -0.4 is 0 Å². The van der Waals surface area contributed by atoms with Crippen LogP contribution in [0.1, 0.15) is 22.3 Å². The van der Waals surface area contributed by atoms with Crippen molar-refractivity contribution in [2.45, 2.75) is 6.92 Å². The summed E-state index contributed by atoms with van der Waals surface area (Å²) in [5.41, 5.74) is 19.1. The maximum absolute atomic E-state index is 10.6. The van der Waals surface area contributed by atoms with Gasteiger partial charge in [-0.05, 0) is 160 Å². The number of fused-ring (bicyclic) bond motifs is 6. The van der Waals surface area contributed by atoms with E-state index in [-0.39, 0.29) is 0 Å². The van der Waals surface area contributed by atoms with Crippen molar-refractivity contribution in [3.63, 3.8) is 0 Å². The summed E-state index contributed by atoms with van der Waals surface area (Å²) in [6, 6.07) is 75.9. The minimum atomic E-state index is 0.520. The summed E-state index contributed by atoms with van der Waals surface area (Å²) in [6.45, 7) is 17.6. The Kier molecular flexibility index (Phi) is 10.5. The van der Waals surface area contributed by atoms with Gasteiger partial charge < -0.3 is 9.13 Å². The third-order valence-electron chi connectivity index (χ3n) is 13.9. The van der Waals surface area contributed by atoms with E-state index in [4.69, 9.17) is 13.1 Å². The molecule has 0 aliphatic rings. The molecule has 0 radical (unpaired) electrons. The van der Waals surface area contributed by atoms with Crippen LogP contribution in [0.25, 0.3) is 120 Å². The first-order chi connectivity index (χ1) is 35.8. The molecule has 73 heavy (non-hydrogen) atoms. The number of aryl methyl sites for hydroxylation is 1. The largest absolute Gasteiger partial charge is 0.309 e. The van der Waals surface area contributed by atoms with Gasteiger partial charge in [0, 0.05) is 32.7 Å². The fourth-order valence-corrected chi connectivity index (χ4v) is 10.5. The zero-order valence-electron chi connectivity index (χ0n) is 39.3. The molecule has 0 spiro atoms. The highest BCUT2D eigenvalue weighted by atomic mass is 15.0. The van der Waals surface area contributed by atoms with E-state index in [2.05, 4.69) is 135 Å². The lowest BCUT2D eigenvalue weighted by atomic mass is 9.96. The van der Waals surface area contributed by atoms with Gasteiger partial charge >= 0.3 is 0 Å². The SMILES string of the molecule is [C-]#[N+]c1cccc(-c2ccc3c(c2)c2cc(-c4cccc(C#N)c4)ccc2n3-c2ccc(C#N)cc2-c2cccc(C)c2-n2c3ccc(-c4cccc(C#N)c4)cc3c3cc(-c4cccc([N+]#[C-])c4)ccc32)c1. The average molecular weight is 928 g/mol. The molecule has 2 aromatic heterocycles. The summed E-state index contributed by atoms with van der Waals surface area (Å²) in [7, 11) is 0. The van der Waals surface area contributed by atoms with Crippen molar-refractivity contribution in [1.29, 1.82) is 15.8 Å². The molecule has 336 valence electrons. The Morgan fingerprint density at radius 2 is 0.740 bits per heavy atom. The predicted molar refractivity (Wildman–Crippen MR) is 294 cm³/mol. The van der Waals surface area contributed by atoms with Crippen LogP contribution in [0.5, 0.6) is 0 Å². The zero-order chi connectivity index (χ0) is 49.7. The Morgan fingerprint density at radius 3 is 1.18 bits per heavy atom. The molecule has 12 rings (SSSR count). The van der Waals surface area contributed by atoms with Crippen molar-refractivity contribution in [1.82, 2.24) is 9.13 Å². The molecule has 10 aromatic carbocycles. The van der Waals surface area contributed by atoms with Gasteiger partial charge in [-0.15, -0.1) is 0 Å². The first-order valence-corrected chi connectivity index (χ1v) is 23.6. The quantitative estimate of drug-likeness (QED) is 0.149. The Balaban J connectivity index is 1.13. The molecule has 12 aromatic rings. The fourth-order valence-electron chi connectivity index (χ4n) is 10.5. The first kappa shape index (κ1) is 43.5. The molecule has 7 heteroatoms. The highest BCUT2D eigenvalue weighted by molar-refractivity contribution is 6.14. The number of para-hydroxylation sites is 1. The van der Waals surface area contributed by atoms with Crippen molar-refractivity contribution in [2.75, 3.05) is 0 Å². The second kappa shape index (κ2) is 17.6. The smallest absolute Gasteiger partial charge is 0.187 e. The number of hydrogen-bond donors (Lipinski definition) is 0. The summed E-state index contributed by atoms with van der Waals surface area (Å²) in [6.07, 6.45) is 0. The molecule has 0 amide bonds. The van der Waals surface area contributed by atoms with Gasteiger partial charge in [-0.1, -0.05) is 103 Å². The third kappa shape index (κ3) is 7.42. The van der Waals surface area contributed by atoms with Crippen LogP contribution in [0.15, 0.2) is 206 Å². The molecule has 2 heterocycles. The summed E-state index contributed by atoms with van der Waals surface area (Å²) < 4.78 is 4.63. The molecule has 0 N–H and O–H groups in total. The molecule has 0 bridgehead atoms. The van der Waals surface area contributed by atoms with Crippen LogP contribution >= 0.6 is 0 Å². The van der Waals surface area contributed by atoms with Crippen LogP contribution in [0, 0.1) is 54.1 Å². The van der Waals surface area contributed by atoms with Gasteiger partial charge in [-0.2, -0.15) is 15.8 Å².